The normalized spacial score (nSPS) is 14.2. The van der Waals surface area contributed by atoms with E-state index in [-0.39, 0.29) is 24.6 Å². The third-order valence-electron chi connectivity index (χ3n) is 2.36. The number of rotatable bonds is 3. The fraction of sp³-hybridized carbons (Fsp3) is 0.364. The van der Waals surface area contributed by atoms with E-state index in [1.165, 1.54) is 19.1 Å². The maximum Gasteiger partial charge on any atom is 0.416 e. The van der Waals surface area contributed by atoms with Gasteiger partial charge in [-0.25, -0.2) is 4.79 Å². The van der Waals surface area contributed by atoms with Crippen LogP contribution in [-0.2, 0) is 16.5 Å². The Labute approximate surface area is 114 Å². The van der Waals surface area contributed by atoms with E-state index in [0.29, 0.717) is 0 Å². The smallest absolute Gasteiger partial charge is 0.416 e. The molecule has 0 saturated carbocycles. The minimum absolute atomic E-state index is 0. The average molecular weight is 299 g/mol. The van der Waals surface area contributed by atoms with Gasteiger partial charge in [0.2, 0.25) is 0 Å². The molecule has 0 saturated heterocycles. The molecule has 19 heavy (non-hydrogen) atoms. The highest BCUT2D eigenvalue weighted by molar-refractivity contribution is 5.85. The van der Waals surface area contributed by atoms with Crippen molar-refractivity contribution in [1.82, 2.24) is 0 Å². The first-order chi connectivity index (χ1) is 8.13. The number of ether oxygens (including phenoxy) is 1. The summed E-state index contributed by atoms with van der Waals surface area (Å²) in [5.41, 5.74) is 8.74. The van der Waals surface area contributed by atoms with Crippen molar-refractivity contribution in [3.8, 4) is 0 Å². The molecule has 4 N–H and O–H groups in total. The number of primary amides is 1. The van der Waals surface area contributed by atoms with E-state index in [0.717, 1.165) is 12.1 Å². The van der Waals surface area contributed by atoms with E-state index in [9.17, 15) is 18.0 Å². The van der Waals surface area contributed by atoms with Crippen LogP contribution in [0.1, 0.15) is 18.1 Å². The van der Waals surface area contributed by atoms with E-state index in [1.807, 2.05) is 0 Å². The van der Waals surface area contributed by atoms with Crippen molar-refractivity contribution < 1.29 is 22.7 Å². The van der Waals surface area contributed by atoms with Gasteiger partial charge in [-0.1, -0.05) is 12.1 Å². The van der Waals surface area contributed by atoms with Gasteiger partial charge in [-0.15, -0.1) is 12.4 Å². The van der Waals surface area contributed by atoms with Crippen LogP contribution in [0.3, 0.4) is 0 Å². The molecule has 1 rings (SSSR count). The number of carbonyl (C=O) groups excluding carboxylic acids is 1. The van der Waals surface area contributed by atoms with Crippen LogP contribution < -0.4 is 11.5 Å². The quantitative estimate of drug-likeness (QED) is 0.899. The summed E-state index contributed by atoms with van der Waals surface area (Å²) in [6, 6.07) is 4.53. The van der Waals surface area contributed by atoms with Gasteiger partial charge in [0, 0.05) is 0 Å². The summed E-state index contributed by atoms with van der Waals surface area (Å²) in [5.74, 6) is 0. The Morgan fingerprint density at radius 1 is 1.32 bits per heavy atom. The maximum absolute atomic E-state index is 12.5. The van der Waals surface area contributed by atoms with Crippen molar-refractivity contribution in [1.29, 1.82) is 0 Å². The molecule has 0 heterocycles. The SMILES string of the molecule is CC(N)(COC(N)=O)c1cccc(C(F)(F)F)c1.Cl. The molecule has 1 aromatic carbocycles. The van der Waals surface area contributed by atoms with Gasteiger partial charge >= 0.3 is 12.3 Å². The lowest BCUT2D eigenvalue weighted by atomic mass is 9.92. The monoisotopic (exact) mass is 298 g/mol. The first kappa shape index (κ1) is 17.5. The number of amides is 1. The van der Waals surface area contributed by atoms with Crippen molar-refractivity contribution in [3.63, 3.8) is 0 Å². The minimum Gasteiger partial charge on any atom is -0.447 e. The third kappa shape index (κ3) is 4.96. The highest BCUT2D eigenvalue weighted by Crippen LogP contribution is 2.31. The zero-order valence-corrected chi connectivity index (χ0v) is 10.8. The third-order valence-corrected chi connectivity index (χ3v) is 2.36. The van der Waals surface area contributed by atoms with Crippen molar-refractivity contribution in [3.05, 3.63) is 35.4 Å². The molecule has 0 radical (unpaired) electrons. The zero-order chi connectivity index (χ0) is 14.0. The van der Waals surface area contributed by atoms with Crippen LogP contribution in [0.15, 0.2) is 24.3 Å². The van der Waals surface area contributed by atoms with Crippen LogP contribution in [0.4, 0.5) is 18.0 Å². The van der Waals surface area contributed by atoms with Gasteiger partial charge in [-0.2, -0.15) is 13.2 Å². The number of carbonyl (C=O) groups is 1. The van der Waals surface area contributed by atoms with Crippen molar-refractivity contribution in [2.24, 2.45) is 11.5 Å². The fourth-order valence-electron chi connectivity index (χ4n) is 1.36. The summed E-state index contributed by atoms with van der Waals surface area (Å²) in [6.07, 6.45) is -5.48. The zero-order valence-electron chi connectivity index (χ0n) is 10.0. The predicted molar refractivity (Wildman–Crippen MR) is 65.8 cm³/mol. The summed E-state index contributed by atoms with van der Waals surface area (Å²) < 4.78 is 42.1. The lowest BCUT2D eigenvalue weighted by molar-refractivity contribution is -0.137. The maximum atomic E-state index is 12.5. The van der Waals surface area contributed by atoms with E-state index < -0.39 is 23.4 Å². The highest BCUT2D eigenvalue weighted by atomic mass is 35.5. The average Bonchev–Trinajstić information content (AvgIpc) is 2.26. The summed E-state index contributed by atoms with van der Waals surface area (Å²) in [4.78, 5) is 10.5. The molecule has 1 atom stereocenters. The van der Waals surface area contributed by atoms with Crippen LogP contribution in [0, 0.1) is 0 Å². The van der Waals surface area contributed by atoms with Gasteiger partial charge in [-0.3, -0.25) is 0 Å². The molecule has 0 spiro atoms. The molecule has 0 aromatic heterocycles. The van der Waals surface area contributed by atoms with E-state index in [4.69, 9.17) is 11.5 Å². The van der Waals surface area contributed by atoms with Crippen molar-refractivity contribution in [2.45, 2.75) is 18.6 Å². The second-order valence-corrected chi connectivity index (χ2v) is 4.10. The Morgan fingerprint density at radius 3 is 2.32 bits per heavy atom. The first-order valence-electron chi connectivity index (χ1n) is 5.02. The predicted octanol–water partition coefficient (Wildman–Crippen LogP) is 2.40. The number of nitrogens with two attached hydrogens (primary N) is 2. The molecule has 8 heteroatoms. The Morgan fingerprint density at radius 2 is 1.84 bits per heavy atom. The molecular weight excluding hydrogens is 285 g/mol. The van der Waals surface area contributed by atoms with Crippen molar-refractivity contribution in [2.75, 3.05) is 6.61 Å². The number of benzene rings is 1. The van der Waals surface area contributed by atoms with Crippen LogP contribution >= 0.6 is 12.4 Å². The molecule has 1 aromatic rings. The second kappa shape index (κ2) is 6.12. The van der Waals surface area contributed by atoms with Crippen LogP contribution in [-0.4, -0.2) is 12.7 Å². The topological polar surface area (TPSA) is 78.3 Å². The largest absolute Gasteiger partial charge is 0.447 e. The molecule has 0 bridgehead atoms. The fourth-order valence-corrected chi connectivity index (χ4v) is 1.36. The van der Waals surface area contributed by atoms with Gasteiger partial charge in [-0.05, 0) is 24.6 Å². The number of alkyl halides is 3. The minimum atomic E-state index is -4.45. The van der Waals surface area contributed by atoms with Gasteiger partial charge < -0.3 is 16.2 Å². The van der Waals surface area contributed by atoms with E-state index in [2.05, 4.69) is 4.74 Å². The van der Waals surface area contributed by atoms with Gasteiger partial charge in [0.25, 0.3) is 0 Å². The second-order valence-electron chi connectivity index (χ2n) is 4.10. The summed E-state index contributed by atoms with van der Waals surface area (Å²) in [7, 11) is 0. The molecule has 0 fully saturated rings. The Balaban J connectivity index is 0.00000324. The highest BCUT2D eigenvalue weighted by Gasteiger charge is 2.32. The Bertz CT molecular complexity index is 450. The van der Waals surface area contributed by atoms with Gasteiger partial charge in [0.05, 0.1) is 11.1 Å². The van der Waals surface area contributed by atoms with E-state index in [1.54, 1.807) is 0 Å². The van der Waals surface area contributed by atoms with Gasteiger partial charge in [0.1, 0.15) is 6.61 Å². The first-order valence-corrected chi connectivity index (χ1v) is 5.02. The number of hydrogen-bond acceptors (Lipinski definition) is 3. The standard InChI is InChI=1S/C11H13F3N2O2.ClH/c1-10(16,6-18-9(15)17)7-3-2-4-8(5-7)11(12,13)14;/h2-5H,6,16H2,1H3,(H2,15,17);1H. The number of halogens is 4. The summed E-state index contributed by atoms with van der Waals surface area (Å²) in [6.45, 7) is 1.15. The molecule has 0 aliphatic rings. The molecule has 4 nitrogen and oxygen atoms in total. The molecule has 0 aliphatic heterocycles. The lowest BCUT2D eigenvalue weighted by Gasteiger charge is -2.25. The lowest BCUT2D eigenvalue weighted by Crippen LogP contribution is -2.39. The van der Waals surface area contributed by atoms with Crippen molar-refractivity contribution >= 4 is 18.5 Å². The summed E-state index contributed by atoms with van der Waals surface area (Å²) >= 11 is 0. The van der Waals surface area contributed by atoms with Gasteiger partial charge in [0.15, 0.2) is 0 Å². The summed E-state index contributed by atoms with van der Waals surface area (Å²) in [5, 5.41) is 0. The molecule has 108 valence electrons. The number of hydrogen-bond donors (Lipinski definition) is 2. The van der Waals surface area contributed by atoms with E-state index >= 15 is 0 Å². The molecule has 1 unspecified atom stereocenters. The molecular formula is C11H14ClF3N2O2. The van der Waals surface area contributed by atoms with Crippen LogP contribution in [0.5, 0.6) is 0 Å². The molecule has 1 amide bonds. The Hall–Kier alpha value is -1.47. The van der Waals surface area contributed by atoms with Crippen LogP contribution in [0.25, 0.3) is 0 Å². The molecule has 0 aliphatic carbocycles. The van der Waals surface area contributed by atoms with Crippen LogP contribution in [0.2, 0.25) is 0 Å². The Kier molecular flexibility index (Phi) is 5.64.